The summed E-state index contributed by atoms with van der Waals surface area (Å²) in [5, 5.41) is 3.12. The minimum Gasteiger partial charge on any atom is -0.352 e. The molecule has 0 aromatic rings. The van der Waals surface area contributed by atoms with Crippen LogP contribution in [-0.4, -0.2) is 42.0 Å². The molecule has 0 aromatic heterocycles. The van der Waals surface area contributed by atoms with E-state index < -0.39 is 0 Å². The van der Waals surface area contributed by atoms with Gasteiger partial charge in [-0.3, -0.25) is 4.79 Å². The number of amides is 1. The fraction of sp³-hybridized carbons (Fsp3) is 0.923. The predicted octanol–water partition coefficient (Wildman–Crippen LogP) is 1.56. The Morgan fingerprint density at radius 2 is 1.95 bits per heavy atom. The molecule has 0 radical (unpaired) electrons. The van der Waals surface area contributed by atoms with Gasteiger partial charge in [-0.15, -0.1) is 24.8 Å². The van der Waals surface area contributed by atoms with Gasteiger partial charge in [0.25, 0.3) is 0 Å². The van der Waals surface area contributed by atoms with Gasteiger partial charge in [-0.2, -0.15) is 0 Å². The molecule has 2 fully saturated rings. The number of hydrogen-bond acceptors (Lipinski definition) is 3. The number of hydrogen-bond donors (Lipinski definition) is 2. The first-order valence-electron chi connectivity index (χ1n) is 6.88. The molecule has 2 aliphatic rings. The Labute approximate surface area is 128 Å². The summed E-state index contributed by atoms with van der Waals surface area (Å²) >= 11 is 0. The predicted molar refractivity (Wildman–Crippen MR) is 83.1 cm³/mol. The number of nitrogens with two attached hydrogens (primary N) is 1. The summed E-state index contributed by atoms with van der Waals surface area (Å²) in [6.45, 7) is 6.36. The molecule has 0 bridgehead atoms. The second kappa shape index (κ2) is 8.30. The zero-order chi connectivity index (χ0) is 12.4. The molecule has 2 rings (SSSR count). The van der Waals surface area contributed by atoms with Crippen molar-refractivity contribution in [2.24, 2.45) is 11.7 Å². The van der Waals surface area contributed by atoms with E-state index in [0.29, 0.717) is 12.1 Å². The van der Waals surface area contributed by atoms with Crippen LogP contribution in [-0.2, 0) is 4.79 Å². The van der Waals surface area contributed by atoms with Crippen molar-refractivity contribution >= 4 is 30.7 Å². The summed E-state index contributed by atoms with van der Waals surface area (Å²) in [5.41, 5.74) is 5.86. The molecule has 2 saturated heterocycles. The van der Waals surface area contributed by atoms with E-state index in [9.17, 15) is 4.79 Å². The first-order valence-corrected chi connectivity index (χ1v) is 6.88. The van der Waals surface area contributed by atoms with Crippen LogP contribution in [0.25, 0.3) is 0 Å². The summed E-state index contributed by atoms with van der Waals surface area (Å²) in [4.78, 5) is 14.5. The fourth-order valence-corrected chi connectivity index (χ4v) is 2.96. The van der Waals surface area contributed by atoms with E-state index in [-0.39, 0.29) is 42.7 Å². The number of piperidine rings is 1. The molecular weight excluding hydrogens is 285 g/mol. The van der Waals surface area contributed by atoms with E-state index in [1.165, 1.54) is 19.4 Å². The summed E-state index contributed by atoms with van der Waals surface area (Å²) in [6.07, 6.45) is 4.79. The summed E-state index contributed by atoms with van der Waals surface area (Å²) < 4.78 is 0. The molecule has 0 saturated carbocycles. The van der Waals surface area contributed by atoms with Crippen molar-refractivity contribution in [3.8, 4) is 0 Å². The molecule has 3 atom stereocenters. The van der Waals surface area contributed by atoms with Crippen LogP contribution in [0.2, 0.25) is 0 Å². The van der Waals surface area contributed by atoms with E-state index in [4.69, 9.17) is 5.73 Å². The molecule has 2 heterocycles. The van der Waals surface area contributed by atoms with E-state index >= 15 is 0 Å². The number of nitrogens with one attached hydrogen (secondary N) is 1. The SMILES string of the molecule is CC(C)[C@@H](N)C(=O)NC1CCN2CCCC2C1.Cl.Cl. The van der Waals surface area contributed by atoms with Crippen LogP contribution in [0.5, 0.6) is 0 Å². The molecule has 19 heavy (non-hydrogen) atoms. The van der Waals surface area contributed by atoms with Crippen LogP contribution in [0.15, 0.2) is 0 Å². The highest BCUT2D eigenvalue weighted by molar-refractivity contribution is 5.85. The average Bonchev–Trinajstić information content (AvgIpc) is 2.74. The van der Waals surface area contributed by atoms with Gasteiger partial charge in [-0.1, -0.05) is 13.8 Å². The van der Waals surface area contributed by atoms with Gasteiger partial charge in [0, 0.05) is 18.6 Å². The van der Waals surface area contributed by atoms with Crippen LogP contribution >= 0.6 is 24.8 Å². The van der Waals surface area contributed by atoms with Crippen LogP contribution in [0.1, 0.15) is 39.5 Å². The highest BCUT2D eigenvalue weighted by Gasteiger charge is 2.32. The monoisotopic (exact) mass is 311 g/mol. The van der Waals surface area contributed by atoms with Gasteiger partial charge >= 0.3 is 0 Å². The molecule has 6 heteroatoms. The van der Waals surface area contributed by atoms with E-state index in [2.05, 4.69) is 10.2 Å². The molecule has 0 aliphatic carbocycles. The Hall–Kier alpha value is -0.0300. The summed E-state index contributed by atoms with van der Waals surface area (Å²) in [5.74, 6) is 0.234. The van der Waals surface area contributed by atoms with Crippen molar-refractivity contribution in [3.05, 3.63) is 0 Å². The van der Waals surface area contributed by atoms with Crippen LogP contribution in [0.4, 0.5) is 0 Å². The first kappa shape index (κ1) is 19.0. The van der Waals surface area contributed by atoms with Crippen LogP contribution < -0.4 is 11.1 Å². The van der Waals surface area contributed by atoms with E-state index in [0.717, 1.165) is 19.4 Å². The quantitative estimate of drug-likeness (QED) is 0.831. The largest absolute Gasteiger partial charge is 0.352 e. The highest BCUT2D eigenvalue weighted by atomic mass is 35.5. The average molecular weight is 312 g/mol. The lowest BCUT2D eigenvalue weighted by molar-refractivity contribution is -0.124. The molecule has 2 aliphatic heterocycles. The molecule has 2 unspecified atom stereocenters. The van der Waals surface area contributed by atoms with Crippen LogP contribution in [0, 0.1) is 5.92 Å². The molecule has 0 spiro atoms. The maximum atomic E-state index is 11.9. The van der Waals surface area contributed by atoms with Crippen molar-refractivity contribution in [2.75, 3.05) is 13.1 Å². The minimum absolute atomic E-state index is 0. The van der Waals surface area contributed by atoms with Gasteiger partial charge in [0.05, 0.1) is 6.04 Å². The molecular formula is C13H27Cl2N3O. The number of nitrogens with zero attached hydrogens (tertiary/aromatic N) is 1. The molecule has 1 amide bonds. The third-order valence-electron chi connectivity index (χ3n) is 4.19. The molecule has 0 aromatic carbocycles. The number of carbonyl (C=O) groups is 1. The Kier molecular flexibility index (Phi) is 8.29. The topological polar surface area (TPSA) is 58.4 Å². The maximum Gasteiger partial charge on any atom is 0.237 e. The van der Waals surface area contributed by atoms with Gasteiger partial charge in [-0.05, 0) is 38.1 Å². The van der Waals surface area contributed by atoms with Crippen molar-refractivity contribution < 1.29 is 4.79 Å². The number of halogens is 2. The van der Waals surface area contributed by atoms with Crippen molar-refractivity contribution in [1.82, 2.24) is 10.2 Å². The number of fused-ring (bicyclic) bond motifs is 1. The van der Waals surface area contributed by atoms with E-state index in [1.807, 2.05) is 13.8 Å². The highest BCUT2D eigenvalue weighted by Crippen LogP contribution is 2.26. The zero-order valence-electron chi connectivity index (χ0n) is 11.8. The normalized spacial score (nSPS) is 28.0. The van der Waals surface area contributed by atoms with Crippen molar-refractivity contribution in [2.45, 2.75) is 57.7 Å². The Bertz CT molecular complexity index is 289. The second-order valence-corrected chi connectivity index (χ2v) is 5.83. The summed E-state index contributed by atoms with van der Waals surface area (Å²) in [6, 6.07) is 0.674. The van der Waals surface area contributed by atoms with Crippen molar-refractivity contribution in [3.63, 3.8) is 0 Å². The Morgan fingerprint density at radius 3 is 2.58 bits per heavy atom. The Morgan fingerprint density at radius 1 is 1.26 bits per heavy atom. The number of carbonyl (C=O) groups excluding carboxylic acids is 1. The Balaban J connectivity index is 0.00000162. The smallest absolute Gasteiger partial charge is 0.237 e. The lowest BCUT2D eigenvalue weighted by atomic mass is 9.96. The van der Waals surface area contributed by atoms with Gasteiger partial charge in [-0.25, -0.2) is 0 Å². The van der Waals surface area contributed by atoms with Crippen molar-refractivity contribution in [1.29, 1.82) is 0 Å². The van der Waals surface area contributed by atoms with Gasteiger partial charge in [0.1, 0.15) is 0 Å². The van der Waals surface area contributed by atoms with Gasteiger partial charge < -0.3 is 16.0 Å². The lowest BCUT2D eigenvalue weighted by Crippen LogP contribution is -2.52. The van der Waals surface area contributed by atoms with Crippen LogP contribution in [0.3, 0.4) is 0 Å². The molecule has 3 N–H and O–H groups in total. The second-order valence-electron chi connectivity index (χ2n) is 5.83. The lowest BCUT2D eigenvalue weighted by Gasteiger charge is -2.35. The zero-order valence-corrected chi connectivity index (χ0v) is 13.4. The third kappa shape index (κ3) is 4.78. The number of rotatable bonds is 3. The van der Waals surface area contributed by atoms with Gasteiger partial charge in [0.2, 0.25) is 5.91 Å². The fourth-order valence-electron chi connectivity index (χ4n) is 2.96. The van der Waals surface area contributed by atoms with Gasteiger partial charge in [0.15, 0.2) is 0 Å². The maximum absolute atomic E-state index is 11.9. The first-order chi connectivity index (χ1) is 8.08. The third-order valence-corrected chi connectivity index (χ3v) is 4.19. The minimum atomic E-state index is -0.364. The standard InChI is InChI=1S/C13H25N3O.2ClH/c1-9(2)12(14)13(17)15-10-5-7-16-6-3-4-11(16)8-10;;/h9-12H,3-8,14H2,1-2H3,(H,15,17);2*1H/t10?,11?,12-;;/m1../s1. The molecule has 4 nitrogen and oxygen atoms in total. The molecule has 114 valence electrons. The summed E-state index contributed by atoms with van der Waals surface area (Å²) in [7, 11) is 0. The van der Waals surface area contributed by atoms with E-state index in [1.54, 1.807) is 0 Å².